The topological polar surface area (TPSA) is 23.5 Å². The maximum Gasteiger partial charge on any atom is 0.120 e. The van der Waals surface area contributed by atoms with E-state index in [0.717, 1.165) is 38.0 Å². The van der Waals surface area contributed by atoms with E-state index in [-0.39, 0.29) is 0 Å². The van der Waals surface area contributed by atoms with Gasteiger partial charge in [-0.2, -0.15) is 0 Å². The van der Waals surface area contributed by atoms with Crippen LogP contribution in [0.15, 0.2) is 48.5 Å². The highest BCUT2D eigenvalue weighted by atomic mass is 16.3. The van der Waals surface area contributed by atoms with Crippen LogP contribution in [-0.2, 0) is 19.4 Å². The fourth-order valence-corrected chi connectivity index (χ4v) is 2.76. The molecule has 1 aliphatic heterocycles. The zero-order valence-electron chi connectivity index (χ0n) is 11.0. The Hall–Kier alpha value is -1.80. The third kappa shape index (κ3) is 2.79. The second-order valence-corrected chi connectivity index (χ2v) is 5.17. The summed E-state index contributed by atoms with van der Waals surface area (Å²) in [5.74, 6) is 0.407. The number of phenolic OH excluding ortho intramolecular Hbond substituents is 1. The number of benzene rings is 2. The van der Waals surface area contributed by atoms with Crippen molar-refractivity contribution >= 4 is 0 Å². The fraction of sp³-hybridized carbons (Fsp3) is 0.294. The summed E-state index contributed by atoms with van der Waals surface area (Å²) in [5, 5.41) is 9.86. The first-order valence-electron chi connectivity index (χ1n) is 6.89. The maximum absolute atomic E-state index is 9.86. The smallest absolute Gasteiger partial charge is 0.120 e. The number of para-hydroxylation sites is 1. The summed E-state index contributed by atoms with van der Waals surface area (Å²) >= 11 is 0. The van der Waals surface area contributed by atoms with E-state index in [1.807, 2.05) is 18.2 Å². The Labute approximate surface area is 114 Å². The Bertz CT molecular complexity index is 538. The fourth-order valence-electron chi connectivity index (χ4n) is 2.76. The summed E-state index contributed by atoms with van der Waals surface area (Å²) in [5.41, 5.74) is 3.97. The molecule has 2 aromatic carbocycles. The molecule has 0 saturated heterocycles. The lowest BCUT2D eigenvalue weighted by molar-refractivity contribution is 0.275. The van der Waals surface area contributed by atoms with Crippen molar-refractivity contribution < 1.29 is 5.11 Å². The SMILES string of the molecule is Oc1ccccc1CN1CCc2ccccc2CC1. The van der Waals surface area contributed by atoms with Gasteiger partial charge in [0.15, 0.2) is 0 Å². The van der Waals surface area contributed by atoms with Crippen molar-refractivity contribution in [2.24, 2.45) is 0 Å². The maximum atomic E-state index is 9.86. The third-order valence-electron chi connectivity index (χ3n) is 3.90. The van der Waals surface area contributed by atoms with Crippen molar-refractivity contribution in [3.63, 3.8) is 0 Å². The van der Waals surface area contributed by atoms with Gasteiger partial charge in [0, 0.05) is 25.2 Å². The molecule has 3 rings (SSSR count). The molecule has 0 amide bonds. The molecule has 2 heteroatoms. The van der Waals surface area contributed by atoms with Crippen LogP contribution in [-0.4, -0.2) is 23.1 Å². The van der Waals surface area contributed by atoms with Gasteiger partial charge >= 0.3 is 0 Å². The molecule has 0 saturated carbocycles. The minimum atomic E-state index is 0.407. The summed E-state index contributed by atoms with van der Waals surface area (Å²) in [7, 11) is 0. The Morgan fingerprint density at radius 2 is 1.42 bits per heavy atom. The van der Waals surface area contributed by atoms with Gasteiger partial charge in [-0.3, -0.25) is 4.90 Å². The molecular weight excluding hydrogens is 234 g/mol. The first-order chi connectivity index (χ1) is 9.33. The molecule has 1 N–H and O–H groups in total. The Morgan fingerprint density at radius 3 is 2.05 bits per heavy atom. The largest absolute Gasteiger partial charge is 0.508 e. The number of fused-ring (bicyclic) bond motifs is 1. The van der Waals surface area contributed by atoms with Crippen molar-refractivity contribution in [2.45, 2.75) is 19.4 Å². The number of phenols is 1. The molecule has 0 radical (unpaired) electrons. The standard InChI is InChI=1S/C17H19NO/c19-17-8-4-3-7-16(17)13-18-11-9-14-5-1-2-6-15(14)10-12-18/h1-8,19H,9-13H2. The molecule has 0 bridgehead atoms. The molecular formula is C17H19NO. The minimum absolute atomic E-state index is 0.407. The van der Waals surface area contributed by atoms with Crippen molar-refractivity contribution in [1.82, 2.24) is 4.90 Å². The van der Waals surface area contributed by atoms with Crippen molar-refractivity contribution in [2.75, 3.05) is 13.1 Å². The summed E-state index contributed by atoms with van der Waals surface area (Å²) in [4.78, 5) is 2.43. The van der Waals surface area contributed by atoms with Gasteiger partial charge in [0.2, 0.25) is 0 Å². The van der Waals surface area contributed by atoms with Crippen LogP contribution in [0, 0.1) is 0 Å². The minimum Gasteiger partial charge on any atom is -0.508 e. The van der Waals surface area contributed by atoms with Crippen LogP contribution >= 0.6 is 0 Å². The quantitative estimate of drug-likeness (QED) is 0.889. The highest BCUT2D eigenvalue weighted by Gasteiger charge is 2.14. The van der Waals surface area contributed by atoms with E-state index >= 15 is 0 Å². The zero-order chi connectivity index (χ0) is 13.1. The average Bonchev–Trinajstić information content (AvgIpc) is 2.64. The van der Waals surface area contributed by atoms with Crippen molar-refractivity contribution in [3.05, 3.63) is 65.2 Å². The van der Waals surface area contributed by atoms with Crippen LogP contribution in [0.4, 0.5) is 0 Å². The normalized spacial score (nSPS) is 15.8. The second-order valence-electron chi connectivity index (χ2n) is 5.17. The molecule has 0 fully saturated rings. The number of rotatable bonds is 2. The van der Waals surface area contributed by atoms with Gasteiger partial charge in [-0.25, -0.2) is 0 Å². The van der Waals surface area contributed by atoms with Crippen molar-refractivity contribution in [3.8, 4) is 5.75 Å². The Kier molecular flexibility index (Phi) is 3.51. The molecule has 2 aromatic rings. The molecule has 2 nitrogen and oxygen atoms in total. The molecule has 0 atom stereocenters. The van der Waals surface area contributed by atoms with Gasteiger partial charge in [-0.05, 0) is 30.0 Å². The highest BCUT2D eigenvalue weighted by Crippen LogP contribution is 2.21. The molecule has 19 heavy (non-hydrogen) atoms. The molecule has 1 heterocycles. The van der Waals surface area contributed by atoms with Gasteiger partial charge < -0.3 is 5.11 Å². The number of aromatic hydroxyl groups is 1. The van der Waals surface area contributed by atoms with Crippen molar-refractivity contribution in [1.29, 1.82) is 0 Å². The van der Waals surface area contributed by atoms with Crippen LogP contribution in [0.3, 0.4) is 0 Å². The molecule has 0 spiro atoms. The third-order valence-corrected chi connectivity index (χ3v) is 3.90. The van der Waals surface area contributed by atoms with Crippen LogP contribution in [0.1, 0.15) is 16.7 Å². The van der Waals surface area contributed by atoms with Crippen LogP contribution < -0.4 is 0 Å². The average molecular weight is 253 g/mol. The predicted molar refractivity (Wildman–Crippen MR) is 77.2 cm³/mol. The number of nitrogens with zero attached hydrogens (tertiary/aromatic N) is 1. The first kappa shape index (κ1) is 12.2. The summed E-state index contributed by atoms with van der Waals surface area (Å²) in [6.07, 6.45) is 2.20. The predicted octanol–water partition coefficient (Wildman–Crippen LogP) is 2.99. The number of hydrogen-bond donors (Lipinski definition) is 1. The van der Waals surface area contributed by atoms with Crippen LogP contribution in [0.2, 0.25) is 0 Å². The second kappa shape index (κ2) is 5.45. The van der Waals surface area contributed by atoms with E-state index in [2.05, 4.69) is 29.2 Å². The highest BCUT2D eigenvalue weighted by molar-refractivity contribution is 5.32. The van der Waals surface area contributed by atoms with E-state index < -0.39 is 0 Å². The first-order valence-corrected chi connectivity index (χ1v) is 6.89. The Balaban J connectivity index is 1.71. The van der Waals surface area contributed by atoms with Gasteiger partial charge in [0.05, 0.1) is 0 Å². The van der Waals surface area contributed by atoms with Crippen LogP contribution in [0.25, 0.3) is 0 Å². The Morgan fingerprint density at radius 1 is 0.842 bits per heavy atom. The van der Waals surface area contributed by atoms with Crippen LogP contribution in [0.5, 0.6) is 5.75 Å². The molecule has 0 unspecified atom stereocenters. The molecule has 98 valence electrons. The monoisotopic (exact) mass is 253 g/mol. The van der Waals surface area contributed by atoms with Gasteiger partial charge in [0.25, 0.3) is 0 Å². The van der Waals surface area contributed by atoms with E-state index in [0.29, 0.717) is 5.75 Å². The van der Waals surface area contributed by atoms with E-state index in [4.69, 9.17) is 0 Å². The lowest BCUT2D eigenvalue weighted by Gasteiger charge is -2.20. The lowest BCUT2D eigenvalue weighted by atomic mass is 10.0. The summed E-state index contributed by atoms with van der Waals surface area (Å²) < 4.78 is 0. The lowest BCUT2D eigenvalue weighted by Crippen LogP contribution is -2.25. The van der Waals surface area contributed by atoms with E-state index in [1.54, 1.807) is 6.07 Å². The molecule has 0 aromatic heterocycles. The van der Waals surface area contributed by atoms with Gasteiger partial charge in [-0.1, -0.05) is 42.5 Å². The summed E-state index contributed by atoms with van der Waals surface area (Å²) in [6.45, 7) is 2.96. The summed E-state index contributed by atoms with van der Waals surface area (Å²) in [6, 6.07) is 16.3. The molecule has 1 aliphatic rings. The van der Waals surface area contributed by atoms with E-state index in [9.17, 15) is 5.11 Å². The van der Waals surface area contributed by atoms with Gasteiger partial charge in [-0.15, -0.1) is 0 Å². The number of hydrogen-bond acceptors (Lipinski definition) is 2. The zero-order valence-corrected chi connectivity index (χ0v) is 11.0. The van der Waals surface area contributed by atoms with E-state index in [1.165, 1.54) is 11.1 Å². The molecule has 0 aliphatic carbocycles. The van der Waals surface area contributed by atoms with Gasteiger partial charge in [0.1, 0.15) is 5.75 Å².